The van der Waals surface area contributed by atoms with Gasteiger partial charge in [0, 0.05) is 17.3 Å². The summed E-state index contributed by atoms with van der Waals surface area (Å²) in [5, 5.41) is 6.86. The van der Waals surface area contributed by atoms with Crippen LogP contribution >= 0.6 is 11.6 Å². The van der Waals surface area contributed by atoms with Gasteiger partial charge in [-0.1, -0.05) is 55.8 Å². The Morgan fingerprint density at radius 1 is 1.15 bits per heavy atom. The minimum Gasteiger partial charge on any atom is -0.367 e. The van der Waals surface area contributed by atoms with Crippen LogP contribution in [0.4, 0.5) is 5.69 Å². The van der Waals surface area contributed by atoms with Crippen LogP contribution in [0, 0.1) is 0 Å². The lowest BCUT2D eigenvalue weighted by atomic mass is 10.0. The van der Waals surface area contributed by atoms with Gasteiger partial charge >= 0.3 is 0 Å². The molecule has 26 heavy (non-hydrogen) atoms. The number of amides is 1. The summed E-state index contributed by atoms with van der Waals surface area (Å²) in [5.74, 6) is 0.395. The predicted octanol–water partition coefficient (Wildman–Crippen LogP) is 2.50. The van der Waals surface area contributed by atoms with Crippen molar-refractivity contribution in [3.05, 3.63) is 64.7 Å². The van der Waals surface area contributed by atoms with Crippen molar-refractivity contribution in [2.24, 2.45) is 0 Å². The van der Waals surface area contributed by atoms with Crippen LogP contribution in [0.15, 0.2) is 48.5 Å². The minimum absolute atomic E-state index is 0.102. The predicted molar refractivity (Wildman–Crippen MR) is 104 cm³/mol. The van der Waals surface area contributed by atoms with Crippen LogP contribution in [0.2, 0.25) is 5.02 Å². The van der Waals surface area contributed by atoms with Gasteiger partial charge in [0.15, 0.2) is 0 Å². The van der Waals surface area contributed by atoms with Crippen LogP contribution in [0.1, 0.15) is 30.9 Å². The highest BCUT2D eigenvalue weighted by Crippen LogP contribution is 2.17. The molecular formula is C19H24ClN5O. The van der Waals surface area contributed by atoms with Crippen LogP contribution in [-0.2, 0) is 11.3 Å². The third-order valence-electron chi connectivity index (χ3n) is 4.33. The Labute approximate surface area is 158 Å². The molecule has 0 radical (unpaired) electrons. The molecule has 5 N–H and O–H groups in total. The fourth-order valence-electron chi connectivity index (χ4n) is 2.78. The molecule has 1 fully saturated rings. The zero-order valence-corrected chi connectivity index (χ0v) is 15.6. The Hall–Kier alpha value is -2.12. The zero-order valence-electron chi connectivity index (χ0n) is 14.8. The Balaban J connectivity index is 1.56. The maximum atomic E-state index is 12.5. The molecule has 0 saturated carbocycles. The first-order chi connectivity index (χ1) is 12.5. The van der Waals surface area contributed by atoms with Crippen molar-refractivity contribution in [3.8, 4) is 0 Å². The Morgan fingerprint density at radius 3 is 2.62 bits per heavy atom. The summed E-state index contributed by atoms with van der Waals surface area (Å²) >= 11 is 6.01. The van der Waals surface area contributed by atoms with E-state index in [2.05, 4.69) is 65.1 Å². The van der Waals surface area contributed by atoms with Crippen LogP contribution in [0.3, 0.4) is 0 Å². The third-order valence-corrected chi connectivity index (χ3v) is 4.57. The van der Waals surface area contributed by atoms with Crippen LogP contribution < -0.4 is 27.0 Å². The normalized spacial score (nSPS) is 19.5. The number of anilines is 1. The first-order valence-electron chi connectivity index (χ1n) is 8.67. The highest BCUT2D eigenvalue weighted by Gasteiger charge is 2.32. The second-order valence-electron chi connectivity index (χ2n) is 6.64. The van der Waals surface area contributed by atoms with Crippen molar-refractivity contribution in [1.29, 1.82) is 0 Å². The lowest BCUT2D eigenvalue weighted by Crippen LogP contribution is -2.50. The lowest BCUT2D eigenvalue weighted by molar-refractivity contribution is -0.123. The molecule has 0 spiro atoms. The summed E-state index contributed by atoms with van der Waals surface area (Å²) in [6, 6.07) is 15.2. The average molecular weight is 374 g/mol. The molecular weight excluding hydrogens is 350 g/mol. The molecule has 2 atom stereocenters. The average Bonchev–Trinajstić information content (AvgIpc) is 3.08. The molecule has 1 heterocycles. The van der Waals surface area contributed by atoms with E-state index < -0.39 is 6.04 Å². The second-order valence-corrected chi connectivity index (χ2v) is 7.07. The van der Waals surface area contributed by atoms with Gasteiger partial charge in [0.05, 0.1) is 0 Å². The van der Waals surface area contributed by atoms with Crippen molar-refractivity contribution in [3.63, 3.8) is 0 Å². The molecule has 138 valence electrons. The van der Waals surface area contributed by atoms with Gasteiger partial charge < -0.3 is 10.6 Å². The molecule has 1 aliphatic rings. The van der Waals surface area contributed by atoms with E-state index in [-0.39, 0.29) is 12.1 Å². The van der Waals surface area contributed by atoms with Crippen molar-refractivity contribution in [2.75, 3.05) is 5.32 Å². The van der Waals surface area contributed by atoms with Gasteiger partial charge in [0.25, 0.3) is 0 Å². The first-order valence-corrected chi connectivity index (χ1v) is 9.05. The molecule has 3 rings (SSSR count). The van der Waals surface area contributed by atoms with E-state index in [9.17, 15) is 4.79 Å². The Kier molecular flexibility index (Phi) is 6.11. The van der Waals surface area contributed by atoms with Crippen molar-refractivity contribution < 1.29 is 4.79 Å². The Morgan fingerprint density at radius 2 is 1.92 bits per heavy atom. The molecule has 0 aromatic heterocycles. The van der Waals surface area contributed by atoms with E-state index in [0.717, 1.165) is 11.3 Å². The standard InChI is InChI=1S/C19H24ClN5O/c1-12(2)14-8-6-13(7-9-14)11-21-19(26)17-18(24-25-23-17)22-16-5-3-4-15(20)10-16/h3-10,12,17-18,22-25H,11H2,1-2H3,(H,21,26). The summed E-state index contributed by atoms with van der Waals surface area (Å²) in [4.78, 5) is 12.5. The molecule has 1 amide bonds. The number of carbonyl (C=O) groups is 1. The van der Waals surface area contributed by atoms with Crippen molar-refractivity contribution in [2.45, 2.75) is 38.5 Å². The summed E-state index contributed by atoms with van der Waals surface area (Å²) in [6.45, 7) is 4.81. The molecule has 2 aromatic carbocycles. The Bertz CT molecular complexity index is 750. The number of hydrogen-bond acceptors (Lipinski definition) is 5. The number of hydrogen-bond donors (Lipinski definition) is 5. The quantitative estimate of drug-likeness (QED) is 0.538. The van der Waals surface area contributed by atoms with Crippen LogP contribution in [0.5, 0.6) is 0 Å². The summed E-state index contributed by atoms with van der Waals surface area (Å²) in [6.07, 6.45) is -0.309. The molecule has 6 nitrogen and oxygen atoms in total. The number of rotatable bonds is 6. The van der Waals surface area contributed by atoms with Crippen molar-refractivity contribution >= 4 is 23.2 Å². The number of carbonyl (C=O) groups excluding carboxylic acids is 1. The molecule has 2 unspecified atom stereocenters. The van der Waals surface area contributed by atoms with E-state index in [0.29, 0.717) is 17.5 Å². The topological polar surface area (TPSA) is 77.2 Å². The monoisotopic (exact) mass is 373 g/mol. The fraction of sp³-hybridized carbons (Fsp3) is 0.316. The highest BCUT2D eigenvalue weighted by molar-refractivity contribution is 6.30. The summed E-state index contributed by atoms with van der Waals surface area (Å²) in [5.41, 5.74) is 11.9. The first kappa shape index (κ1) is 18.7. The largest absolute Gasteiger partial charge is 0.367 e. The molecule has 1 aliphatic heterocycles. The summed E-state index contributed by atoms with van der Waals surface area (Å²) in [7, 11) is 0. The van der Waals surface area contributed by atoms with Crippen LogP contribution in [0.25, 0.3) is 0 Å². The third kappa shape index (κ3) is 4.74. The van der Waals surface area contributed by atoms with E-state index in [4.69, 9.17) is 11.6 Å². The molecule has 1 saturated heterocycles. The summed E-state index contributed by atoms with van der Waals surface area (Å²) < 4.78 is 0. The van der Waals surface area contributed by atoms with E-state index in [1.165, 1.54) is 5.56 Å². The van der Waals surface area contributed by atoms with Crippen LogP contribution in [-0.4, -0.2) is 18.1 Å². The fourth-order valence-corrected chi connectivity index (χ4v) is 2.97. The molecule has 0 bridgehead atoms. The molecule has 2 aromatic rings. The van der Waals surface area contributed by atoms with Gasteiger partial charge in [-0.25, -0.2) is 10.9 Å². The SMILES string of the molecule is CC(C)c1ccc(CNC(=O)C2NNNC2Nc2cccc(Cl)c2)cc1. The van der Waals surface area contributed by atoms with E-state index in [1.54, 1.807) is 6.07 Å². The minimum atomic E-state index is -0.469. The van der Waals surface area contributed by atoms with E-state index >= 15 is 0 Å². The molecule has 0 aliphatic carbocycles. The van der Waals surface area contributed by atoms with Gasteiger partial charge in [0.1, 0.15) is 12.2 Å². The van der Waals surface area contributed by atoms with Crippen molar-refractivity contribution in [1.82, 2.24) is 21.7 Å². The zero-order chi connectivity index (χ0) is 18.5. The number of halogens is 1. The van der Waals surface area contributed by atoms with E-state index in [1.807, 2.05) is 18.2 Å². The number of nitrogens with one attached hydrogen (secondary N) is 5. The number of hydrazine groups is 2. The van der Waals surface area contributed by atoms with Gasteiger partial charge in [-0.3, -0.25) is 4.79 Å². The van der Waals surface area contributed by atoms with Gasteiger partial charge in [-0.15, -0.1) is 0 Å². The lowest BCUT2D eigenvalue weighted by Gasteiger charge is -2.20. The van der Waals surface area contributed by atoms with Gasteiger partial charge in [-0.2, -0.15) is 5.53 Å². The maximum absolute atomic E-state index is 12.5. The molecule has 7 heteroatoms. The highest BCUT2D eigenvalue weighted by atomic mass is 35.5. The number of benzene rings is 2. The smallest absolute Gasteiger partial charge is 0.242 e. The second kappa shape index (κ2) is 8.51. The van der Waals surface area contributed by atoms with Gasteiger partial charge in [-0.05, 0) is 35.2 Å². The van der Waals surface area contributed by atoms with Gasteiger partial charge in [0.2, 0.25) is 5.91 Å². The maximum Gasteiger partial charge on any atom is 0.242 e.